The van der Waals surface area contributed by atoms with Crippen molar-refractivity contribution in [3.8, 4) is 0 Å². The van der Waals surface area contributed by atoms with Crippen molar-refractivity contribution in [1.29, 1.82) is 0 Å². The highest BCUT2D eigenvalue weighted by Crippen LogP contribution is 2.39. The van der Waals surface area contributed by atoms with Gasteiger partial charge in [0.1, 0.15) is 9.71 Å². The molecule has 2 aromatic heterocycles. The number of halogens is 6. The average Bonchev–Trinajstić information content (AvgIpc) is 2.89. The number of rotatable bonds is 2. The quantitative estimate of drug-likeness (QED) is 0.503. The van der Waals surface area contributed by atoms with Gasteiger partial charge in [0.15, 0.2) is 0 Å². The molecule has 3 rings (SSSR count). The molecule has 1 amide bonds. The Bertz CT molecular complexity index is 1090. The van der Waals surface area contributed by atoms with Gasteiger partial charge < -0.3 is 11.1 Å². The summed E-state index contributed by atoms with van der Waals surface area (Å²) in [5.74, 6) is -0.921. The van der Waals surface area contributed by atoms with Gasteiger partial charge in [-0.05, 0) is 43.7 Å². The number of nitrogens with zero attached hydrogens (tertiary/aromatic N) is 1. The van der Waals surface area contributed by atoms with Gasteiger partial charge in [-0.2, -0.15) is 26.3 Å². The summed E-state index contributed by atoms with van der Waals surface area (Å²) >= 11 is 0.906. The molecule has 154 valence electrons. The number of nitrogen functional groups attached to an aromatic ring is 1. The highest BCUT2D eigenvalue weighted by atomic mass is 32.1. The van der Waals surface area contributed by atoms with Crippen molar-refractivity contribution in [2.45, 2.75) is 26.2 Å². The maximum absolute atomic E-state index is 13.0. The van der Waals surface area contributed by atoms with Crippen LogP contribution in [0.5, 0.6) is 0 Å². The number of nitrogens with one attached hydrogen (secondary N) is 1. The number of hydrogen-bond donors (Lipinski definition) is 2. The maximum Gasteiger partial charge on any atom is 0.416 e. The second kappa shape index (κ2) is 6.90. The Morgan fingerprint density at radius 3 is 2.07 bits per heavy atom. The van der Waals surface area contributed by atoms with Crippen molar-refractivity contribution in [3.05, 3.63) is 51.5 Å². The highest BCUT2D eigenvalue weighted by Gasteiger charge is 2.37. The van der Waals surface area contributed by atoms with E-state index in [2.05, 4.69) is 10.3 Å². The van der Waals surface area contributed by atoms with Gasteiger partial charge in [-0.15, -0.1) is 11.3 Å². The van der Waals surface area contributed by atoms with Crippen LogP contribution < -0.4 is 11.1 Å². The number of carbonyl (C=O) groups excluding carboxylic acids is 1. The van der Waals surface area contributed by atoms with Crippen LogP contribution in [0.1, 0.15) is 32.1 Å². The predicted molar refractivity (Wildman–Crippen MR) is 97.9 cm³/mol. The Hall–Kier alpha value is -2.82. The molecule has 0 aliphatic heterocycles. The molecule has 0 fully saturated rings. The molecule has 0 unspecified atom stereocenters. The molecule has 0 bridgehead atoms. The molecule has 0 aliphatic rings. The van der Waals surface area contributed by atoms with Crippen molar-refractivity contribution in [2.24, 2.45) is 0 Å². The minimum Gasteiger partial charge on any atom is -0.397 e. The predicted octanol–water partition coefficient (Wildman–Crippen LogP) is 5.79. The number of hydrogen-bond acceptors (Lipinski definition) is 4. The van der Waals surface area contributed by atoms with Gasteiger partial charge in [0.25, 0.3) is 5.91 Å². The summed E-state index contributed by atoms with van der Waals surface area (Å²) in [6.45, 7) is 3.49. The molecule has 3 N–H and O–H groups in total. The smallest absolute Gasteiger partial charge is 0.397 e. The first kappa shape index (κ1) is 20.9. The van der Waals surface area contributed by atoms with E-state index in [1.54, 1.807) is 19.9 Å². The molecule has 3 aromatic rings. The van der Waals surface area contributed by atoms with E-state index in [0.29, 0.717) is 28.0 Å². The largest absolute Gasteiger partial charge is 0.416 e. The highest BCUT2D eigenvalue weighted by molar-refractivity contribution is 7.21. The van der Waals surface area contributed by atoms with Gasteiger partial charge in [0.2, 0.25) is 0 Å². The van der Waals surface area contributed by atoms with Gasteiger partial charge in [0.05, 0.1) is 16.8 Å². The first-order valence-electron chi connectivity index (χ1n) is 8.04. The monoisotopic (exact) mass is 433 g/mol. The molecule has 0 spiro atoms. The fourth-order valence-corrected chi connectivity index (χ4v) is 3.96. The minimum atomic E-state index is -5.02. The summed E-state index contributed by atoms with van der Waals surface area (Å²) < 4.78 is 77.9. The summed E-state index contributed by atoms with van der Waals surface area (Å²) in [5, 5.41) is 2.60. The van der Waals surface area contributed by atoms with Gasteiger partial charge in [0, 0.05) is 16.8 Å². The van der Waals surface area contributed by atoms with Crippen LogP contribution in [0.25, 0.3) is 10.2 Å². The van der Waals surface area contributed by atoms with E-state index in [1.807, 2.05) is 0 Å². The standard InChI is InChI=1S/C18H13F6N3OS/c1-7-3-8(2)26-16-12(7)13(25)14(29-16)15(28)27-11-5-9(17(19,20)21)4-10(6-11)18(22,23)24/h3-6H,25H2,1-2H3,(H,27,28). The van der Waals surface area contributed by atoms with Crippen molar-refractivity contribution in [1.82, 2.24) is 4.98 Å². The lowest BCUT2D eigenvalue weighted by molar-refractivity contribution is -0.143. The molecule has 0 aliphatic carbocycles. The van der Waals surface area contributed by atoms with Gasteiger partial charge >= 0.3 is 12.4 Å². The Labute approximate surface area is 164 Å². The van der Waals surface area contributed by atoms with E-state index < -0.39 is 35.1 Å². The fourth-order valence-electron chi connectivity index (χ4n) is 2.85. The number of fused-ring (bicyclic) bond motifs is 1. The van der Waals surface area contributed by atoms with E-state index in [-0.39, 0.29) is 16.6 Å². The molecular formula is C18H13F6N3OS. The minimum absolute atomic E-state index is 0.0144. The van der Waals surface area contributed by atoms with Gasteiger partial charge in [-0.1, -0.05) is 0 Å². The van der Waals surface area contributed by atoms with Gasteiger partial charge in [-0.25, -0.2) is 4.98 Å². The molecule has 0 radical (unpaired) electrons. The van der Waals surface area contributed by atoms with Crippen LogP contribution >= 0.6 is 11.3 Å². The van der Waals surface area contributed by atoms with Crippen molar-refractivity contribution < 1.29 is 31.1 Å². The van der Waals surface area contributed by atoms with Crippen LogP contribution in [-0.2, 0) is 12.4 Å². The molecule has 29 heavy (non-hydrogen) atoms. The third-order valence-corrected chi connectivity index (χ3v) is 5.17. The zero-order valence-electron chi connectivity index (χ0n) is 14.9. The van der Waals surface area contributed by atoms with Crippen molar-refractivity contribution in [2.75, 3.05) is 11.1 Å². The molecule has 0 saturated carbocycles. The molecule has 0 saturated heterocycles. The summed E-state index contributed by atoms with van der Waals surface area (Å²) in [7, 11) is 0. The topological polar surface area (TPSA) is 68.0 Å². The number of benzene rings is 1. The third kappa shape index (κ3) is 4.14. The van der Waals surface area contributed by atoms with E-state index in [4.69, 9.17) is 5.73 Å². The lowest BCUT2D eigenvalue weighted by Crippen LogP contribution is -2.16. The number of amides is 1. The van der Waals surface area contributed by atoms with Gasteiger partial charge in [-0.3, -0.25) is 4.79 Å². The summed E-state index contributed by atoms with van der Waals surface area (Å²) in [4.78, 5) is 17.2. The second-order valence-electron chi connectivity index (χ2n) is 6.35. The normalized spacial score (nSPS) is 12.4. The van der Waals surface area contributed by atoms with Crippen LogP contribution in [0.3, 0.4) is 0 Å². The Morgan fingerprint density at radius 2 is 1.55 bits per heavy atom. The second-order valence-corrected chi connectivity index (χ2v) is 7.35. The molecule has 11 heteroatoms. The first-order valence-corrected chi connectivity index (χ1v) is 8.86. The zero-order valence-corrected chi connectivity index (χ0v) is 15.7. The lowest BCUT2D eigenvalue weighted by Gasteiger charge is -2.14. The van der Waals surface area contributed by atoms with E-state index in [1.165, 1.54) is 0 Å². The number of pyridine rings is 1. The Morgan fingerprint density at radius 1 is 1.00 bits per heavy atom. The van der Waals surface area contributed by atoms with E-state index in [0.717, 1.165) is 16.9 Å². The van der Waals surface area contributed by atoms with Crippen LogP contribution in [0.2, 0.25) is 0 Å². The summed E-state index contributed by atoms with van der Waals surface area (Å²) in [6, 6.07) is 2.60. The number of nitrogens with two attached hydrogens (primary N) is 1. The van der Waals surface area contributed by atoms with Crippen molar-refractivity contribution >= 4 is 38.8 Å². The van der Waals surface area contributed by atoms with E-state index >= 15 is 0 Å². The number of alkyl halides is 6. The van der Waals surface area contributed by atoms with Crippen LogP contribution in [0.4, 0.5) is 37.7 Å². The molecule has 0 atom stereocenters. The Balaban J connectivity index is 2.04. The summed E-state index contributed by atoms with van der Waals surface area (Å²) in [5.41, 5.74) is 3.78. The summed E-state index contributed by atoms with van der Waals surface area (Å²) in [6.07, 6.45) is -10.0. The molecule has 4 nitrogen and oxygen atoms in total. The van der Waals surface area contributed by atoms with Crippen LogP contribution in [0, 0.1) is 13.8 Å². The number of carbonyl (C=O) groups is 1. The van der Waals surface area contributed by atoms with E-state index in [9.17, 15) is 31.1 Å². The van der Waals surface area contributed by atoms with Crippen LogP contribution in [-0.4, -0.2) is 10.9 Å². The number of aryl methyl sites for hydroxylation is 2. The molecule has 1 aromatic carbocycles. The number of thiophene rings is 1. The molecular weight excluding hydrogens is 420 g/mol. The zero-order chi connectivity index (χ0) is 21.7. The van der Waals surface area contributed by atoms with Crippen LogP contribution in [0.15, 0.2) is 24.3 Å². The average molecular weight is 433 g/mol. The maximum atomic E-state index is 13.0. The first-order chi connectivity index (χ1) is 13.3. The lowest BCUT2D eigenvalue weighted by atomic mass is 10.1. The van der Waals surface area contributed by atoms with Crippen molar-refractivity contribution in [3.63, 3.8) is 0 Å². The Kier molecular flexibility index (Phi) is 4.98. The number of anilines is 2. The number of aromatic nitrogens is 1. The SMILES string of the molecule is Cc1cc(C)c2c(N)c(C(=O)Nc3cc(C(F)(F)F)cc(C(F)(F)F)c3)sc2n1. The third-order valence-electron chi connectivity index (χ3n) is 4.08. The fraction of sp³-hybridized carbons (Fsp3) is 0.222. The molecule has 2 heterocycles.